The lowest BCUT2D eigenvalue weighted by molar-refractivity contribution is -0.172. The van der Waals surface area contributed by atoms with Crippen molar-refractivity contribution in [3.63, 3.8) is 0 Å². The van der Waals surface area contributed by atoms with E-state index in [2.05, 4.69) is 0 Å². The van der Waals surface area contributed by atoms with Gasteiger partial charge in [0.05, 0.1) is 12.1 Å². The van der Waals surface area contributed by atoms with Crippen LogP contribution in [0, 0.1) is 5.82 Å². The molecular formula is C18H14ClFO4. The number of hydrogen-bond acceptors (Lipinski definition) is 4. The highest BCUT2D eigenvalue weighted by Gasteiger charge is 2.48. The minimum atomic E-state index is -2.14. The molecule has 0 bridgehead atoms. The van der Waals surface area contributed by atoms with E-state index in [9.17, 15) is 14.3 Å². The van der Waals surface area contributed by atoms with Gasteiger partial charge in [0.2, 0.25) is 5.60 Å². The molecule has 2 atom stereocenters. The van der Waals surface area contributed by atoms with Gasteiger partial charge in [-0.2, -0.15) is 0 Å². The summed E-state index contributed by atoms with van der Waals surface area (Å²) in [6.45, 7) is 0. The van der Waals surface area contributed by atoms with Crippen LogP contribution in [0.3, 0.4) is 0 Å². The Morgan fingerprint density at radius 2 is 2.00 bits per heavy atom. The van der Waals surface area contributed by atoms with E-state index in [4.69, 9.17) is 21.1 Å². The minimum Gasteiger partial charge on any atom is -0.480 e. The molecule has 1 aliphatic heterocycles. The van der Waals surface area contributed by atoms with Crippen molar-refractivity contribution in [3.8, 4) is 5.75 Å². The lowest BCUT2D eigenvalue weighted by Crippen LogP contribution is -2.50. The van der Waals surface area contributed by atoms with E-state index in [1.165, 1.54) is 12.1 Å². The highest BCUT2D eigenvalue weighted by atomic mass is 35.5. The molecule has 2 aromatic rings. The summed E-state index contributed by atoms with van der Waals surface area (Å²) < 4.78 is 23.7. The predicted octanol–water partition coefficient (Wildman–Crippen LogP) is 3.31. The van der Waals surface area contributed by atoms with Crippen LogP contribution < -0.4 is 4.74 Å². The second kappa shape index (κ2) is 6.26. The van der Waals surface area contributed by atoms with Gasteiger partial charge >= 0.3 is 5.97 Å². The molecule has 2 aromatic carbocycles. The van der Waals surface area contributed by atoms with Crippen LogP contribution in [0.1, 0.15) is 11.1 Å². The van der Waals surface area contributed by atoms with Crippen LogP contribution >= 0.6 is 11.6 Å². The maximum Gasteiger partial charge on any atom is 0.346 e. The zero-order valence-corrected chi connectivity index (χ0v) is 13.5. The molecule has 0 saturated heterocycles. The van der Waals surface area contributed by atoms with E-state index >= 15 is 0 Å². The van der Waals surface area contributed by atoms with E-state index in [0.717, 1.165) is 24.8 Å². The van der Waals surface area contributed by atoms with Crippen LogP contribution in [0.4, 0.5) is 4.39 Å². The van der Waals surface area contributed by atoms with E-state index in [1.54, 1.807) is 30.4 Å². The average molecular weight is 349 g/mol. The Bertz CT molecular complexity index is 803. The van der Waals surface area contributed by atoms with Crippen molar-refractivity contribution in [1.29, 1.82) is 0 Å². The molecule has 6 heteroatoms. The Balaban J connectivity index is 2.07. The van der Waals surface area contributed by atoms with Gasteiger partial charge in [-0.15, -0.1) is 0 Å². The molecule has 1 heterocycles. The summed E-state index contributed by atoms with van der Waals surface area (Å²) in [4.78, 5) is 12.3. The average Bonchev–Trinajstić information content (AvgIpc) is 2.61. The first kappa shape index (κ1) is 16.5. The van der Waals surface area contributed by atoms with Gasteiger partial charge in [0.1, 0.15) is 11.6 Å². The Morgan fingerprint density at radius 1 is 1.29 bits per heavy atom. The highest BCUT2D eigenvalue weighted by Crippen LogP contribution is 2.39. The highest BCUT2D eigenvalue weighted by molar-refractivity contribution is 6.32. The molecule has 2 unspecified atom stereocenters. The number of methoxy groups -OCH3 is 1. The van der Waals surface area contributed by atoms with Gasteiger partial charge in [0.25, 0.3) is 0 Å². The van der Waals surface area contributed by atoms with Crippen molar-refractivity contribution in [3.05, 3.63) is 70.5 Å². The third kappa shape index (κ3) is 2.66. The number of ether oxygens (including phenoxy) is 2. The first-order valence-corrected chi connectivity index (χ1v) is 7.55. The molecule has 0 radical (unpaired) electrons. The number of rotatable bonds is 3. The van der Waals surface area contributed by atoms with Crippen LogP contribution in [0.25, 0.3) is 6.08 Å². The fourth-order valence-corrected chi connectivity index (χ4v) is 2.85. The lowest BCUT2D eigenvalue weighted by atomic mass is 9.86. The van der Waals surface area contributed by atoms with Gasteiger partial charge < -0.3 is 14.6 Å². The van der Waals surface area contributed by atoms with Crippen LogP contribution in [-0.2, 0) is 15.1 Å². The molecule has 0 saturated carbocycles. The van der Waals surface area contributed by atoms with Crippen LogP contribution in [0.15, 0.2) is 48.5 Å². The van der Waals surface area contributed by atoms with Crippen molar-refractivity contribution in [2.75, 3.05) is 7.11 Å². The first-order chi connectivity index (χ1) is 11.5. The van der Waals surface area contributed by atoms with E-state index in [0.29, 0.717) is 10.8 Å². The molecule has 0 fully saturated rings. The molecule has 0 aromatic heterocycles. The Labute approximate surface area is 143 Å². The zero-order chi connectivity index (χ0) is 17.3. The molecule has 3 rings (SSSR count). The van der Waals surface area contributed by atoms with Crippen molar-refractivity contribution >= 4 is 23.6 Å². The molecule has 4 nitrogen and oxygen atoms in total. The fourth-order valence-electron chi connectivity index (χ4n) is 2.62. The summed E-state index contributed by atoms with van der Waals surface area (Å²) in [6, 6.07) is 10.1. The van der Waals surface area contributed by atoms with E-state index < -0.39 is 23.5 Å². The second-order valence-electron chi connectivity index (χ2n) is 5.32. The minimum absolute atomic E-state index is 0.154. The van der Waals surface area contributed by atoms with E-state index in [-0.39, 0.29) is 5.56 Å². The number of hydrogen-bond donors (Lipinski definition) is 1. The third-order valence-electron chi connectivity index (χ3n) is 3.89. The predicted molar refractivity (Wildman–Crippen MR) is 87.2 cm³/mol. The molecule has 0 spiro atoms. The van der Waals surface area contributed by atoms with Crippen molar-refractivity contribution in [1.82, 2.24) is 0 Å². The summed E-state index contributed by atoms with van der Waals surface area (Å²) >= 11 is 6.13. The maximum atomic E-state index is 13.2. The molecule has 1 aliphatic rings. The summed E-state index contributed by atoms with van der Waals surface area (Å²) in [5.74, 6) is -1.05. The normalized spacial score (nSPS) is 18.2. The number of fused-ring (bicyclic) bond motifs is 1. The number of carbonyl (C=O) groups is 1. The molecular weight excluding hydrogens is 335 g/mol. The Hall–Kier alpha value is -2.37. The standard InChI is InChI=1S/C18H14ClFO4/c1-23-17(21)18(22,12-6-8-13(20)9-7-12)15-10-5-11-3-2-4-14(19)16(11)24-15/h2-10,15,22H,1H3. The molecule has 1 N–H and O–H groups in total. The summed E-state index contributed by atoms with van der Waals surface area (Å²) in [7, 11) is 1.16. The molecule has 0 aliphatic carbocycles. The van der Waals surface area contributed by atoms with Crippen molar-refractivity contribution in [2.45, 2.75) is 11.7 Å². The number of aliphatic hydroxyl groups is 1. The Morgan fingerprint density at radius 3 is 2.67 bits per heavy atom. The largest absolute Gasteiger partial charge is 0.480 e. The number of carbonyl (C=O) groups excluding carboxylic acids is 1. The number of esters is 1. The van der Waals surface area contributed by atoms with Crippen LogP contribution in [0.2, 0.25) is 5.02 Å². The smallest absolute Gasteiger partial charge is 0.346 e. The van der Waals surface area contributed by atoms with Gasteiger partial charge in [0, 0.05) is 5.56 Å². The van der Waals surface area contributed by atoms with E-state index in [1.807, 2.05) is 0 Å². The van der Waals surface area contributed by atoms with Crippen LogP contribution in [0.5, 0.6) is 5.75 Å². The Kier molecular flexibility index (Phi) is 4.30. The summed E-state index contributed by atoms with van der Waals surface area (Å²) in [6.07, 6.45) is 2.16. The summed E-state index contributed by atoms with van der Waals surface area (Å²) in [5.41, 5.74) is -1.26. The maximum absolute atomic E-state index is 13.2. The van der Waals surface area contributed by atoms with Gasteiger partial charge in [-0.1, -0.05) is 41.9 Å². The topological polar surface area (TPSA) is 55.8 Å². The second-order valence-corrected chi connectivity index (χ2v) is 5.73. The van der Waals surface area contributed by atoms with Crippen molar-refractivity contribution in [2.24, 2.45) is 0 Å². The molecule has 24 heavy (non-hydrogen) atoms. The monoisotopic (exact) mass is 348 g/mol. The fraction of sp³-hybridized carbons (Fsp3) is 0.167. The van der Waals surface area contributed by atoms with Gasteiger partial charge in [0.15, 0.2) is 6.10 Å². The van der Waals surface area contributed by atoms with Crippen molar-refractivity contribution < 1.29 is 23.8 Å². The summed E-state index contributed by atoms with van der Waals surface area (Å²) in [5, 5.41) is 11.4. The number of benzene rings is 2. The number of para-hydroxylation sites is 1. The third-order valence-corrected chi connectivity index (χ3v) is 4.18. The van der Waals surface area contributed by atoms with Gasteiger partial charge in [-0.25, -0.2) is 9.18 Å². The van der Waals surface area contributed by atoms with Crippen LogP contribution in [-0.4, -0.2) is 24.3 Å². The molecule has 0 amide bonds. The van der Waals surface area contributed by atoms with Gasteiger partial charge in [-0.3, -0.25) is 0 Å². The molecule has 124 valence electrons. The first-order valence-electron chi connectivity index (χ1n) is 7.17. The number of halogens is 2. The van der Waals surface area contributed by atoms with Gasteiger partial charge in [-0.05, 0) is 29.8 Å². The SMILES string of the molecule is COC(=O)C(O)(c1ccc(F)cc1)C1C=Cc2cccc(Cl)c2O1. The zero-order valence-electron chi connectivity index (χ0n) is 12.7. The lowest BCUT2D eigenvalue weighted by Gasteiger charge is -2.34. The quantitative estimate of drug-likeness (QED) is 0.865.